The van der Waals surface area contributed by atoms with Gasteiger partial charge in [-0.1, -0.05) is 15.9 Å². The monoisotopic (exact) mass is 147 g/mol. The Morgan fingerprint density at radius 1 is 2.00 bits per heavy atom. The van der Waals surface area contributed by atoms with Crippen LogP contribution in [0.5, 0.6) is 0 Å². The molecule has 0 aromatic heterocycles. The first-order valence-corrected chi connectivity index (χ1v) is 2.22. The molecule has 0 aromatic rings. The summed E-state index contributed by atoms with van der Waals surface area (Å²) < 4.78 is 0.808. The zero-order valence-corrected chi connectivity index (χ0v) is 4.45. The molecule has 0 aliphatic carbocycles. The molecule has 2 nitrogen and oxygen atoms in total. The minimum absolute atomic E-state index is 0.808. The van der Waals surface area contributed by atoms with Gasteiger partial charge in [-0.2, -0.15) is 0 Å². The van der Waals surface area contributed by atoms with Gasteiger partial charge in [0.15, 0.2) is 0 Å². The van der Waals surface area contributed by atoms with E-state index in [0.29, 0.717) is 0 Å². The van der Waals surface area contributed by atoms with E-state index in [-0.39, 0.29) is 0 Å². The van der Waals surface area contributed by atoms with E-state index in [4.69, 9.17) is 0 Å². The van der Waals surface area contributed by atoms with Crippen LogP contribution in [-0.2, 0) is 4.84 Å². The lowest BCUT2D eigenvalue weighted by molar-refractivity contribution is 0.162. The zero-order valence-electron chi connectivity index (χ0n) is 2.86. The second-order valence-corrected chi connectivity index (χ2v) is 1.67. The molecular weight excluding hydrogens is 146 g/mol. The SMILES string of the molecule is BrC1=CNO[C]1. The number of halogens is 1. The summed E-state index contributed by atoms with van der Waals surface area (Å²) in [5, 5.41) is 0. The van der Waals surface area contributed by atoms with Crippen LogP contribution in [0, 0.1) is 6.61 Å². The first kappa shape index (κ1) is 4.15. The molecule has 3 heteroatoms. The Morgan fingerprint density at radius 3 is 3.00 bits per heavy atom. The third-order valence-electron chi connectivity index (χ3n) is 0.393. The van der Waals surface area contributed by atoms with Gasteiger partial charge in [-0.05, 0) is 0 Å². The number of hydroxylamine groups is 1. The van der Waals surface area contributed by atoms with E-state index >= 15 is 0 Å². The fourth-order valence-electron chi connectivity index (χ4n) is 0.189. The Balaban J connectivity index is 2.45. The highest BCUT2D eigenvalue weighted by Gasteiger charge is 1.99. The minimum Gasteiger partial charge on any atom is -0.272 e. The molecule has 1 N–H and O–H groups in total. The van der Waals surface area contributed by atoms with Gasteiger partial charge in [0.2, 0.25) is 6.61 Å². The second kappa shape index (κ2) is 1.62. The smallest absolute Gasteiger partial charge is 0.208 e. The normalized spacial score (nSPS) is 19.8. The van der Waals surface area contributed by atoms with E-state index in [9.17, 15) is 0 Å². The first-order valence-electron chi connectivity index (χ1n) is 1.42. The van der Waals surface area contributed by atoms with Gasteiger partial charge in [-0.25, -0.2) is 0 Å². The molecule has 0 aromatic carbocycles. The summed E-state index contributed by atoms with van der Waals surface area (Å²) in [7, 11) is 0. The van der Waals surface area contributed by atoms with Crippen molar-refractivity contribution in [2.24, 2.45) is 0 Å². The van der Waals surface area contributed by atoms with Gasteiger partial charge in [-0.3, -0.25) is 10.3 Å². The van der Waals surface area contributed by atoms with E-state index in [0.717, 1.165) is 4.48 Å². The summed E-state index contributed by atoms with van der Waals surface area (Å²) in [5.74, 6) is 0. The predicted molar refractivity (Wildman–Crippen MR) is 24.5 cm³/mol. The summed E-state index contributed by atoms with van der Waals surface area (Å²) >= 11 is 3.10. The number of rotatable bonds is 0. The van der Waals surface area contributed by atoms with Crippen LogP contribution >= 0.6 is 15.9 Å². The molecule has 1 aliphatic rings. The zero-order chi connectivity index (χ0) is 4.41. The van der Waals surface area contributed by atoms with Crippen LogP contribution in [0.4, 0.5) is 0 Å². The number of hydrogen-bond donors (Lipinski definition) is 1. The number of nitrogens with one attached hydrogen (secondary N) is 1. The van der Waals surface area contributed by atoms with Crippen molar-refractivity contribution in [1.82, 2.24) is 5.48 Å². The lowest BCUT2D eigenvalue weighted by atomic mass is 10.7. The van der Waals surface area contributed by atoms with Crippen molar-refractivity contribution < 1.29 is 4.84 Å². The second-order valence-electron chi connectivity index (χ2n) is 0.814. The summed E-state index contributed by atoms with van der Waals surface area (Å²) in [5.41, 5.74) is 2.45. The Labute approximate surface area is 44.3 Å². The fraction of sp³-hybridized carbons (Fsp3) is 0. The molecule has 0 bridgehead atoms. The molecule has 0 atom stereocenters. The largest absolute Gasteiger partial charge is 0.272 e. The maximum Gasteiger partial charge on any atom is 0.208 e. The Kier molecular flexibility index (Phi) is 1.12. The van der Waals surface area contributed by atoms with Gasteiger partial charge < -0.3 is 0 Å². The van der Waals surface area contributed by atoms with Crippen LogP contribution in [0.15, 0.2) is 10.7 Å². The third-order valence-corrected chi connectivity index (χ3v) is 0.784. The molecular formula is C3H2BrNO. The molecule has 6 heavy (non-hydrogen) atoms. The summed E-state index contributed by atoms with van der Waals surface area (Å²) in [6.45, 7) is 2.49. The molecule has 0 amide bonds. The average molecular weight is 148 g/mol. The van der Waals surface area contributed by atoms with E-state index in [1.54, 1.807) is 6.20 Å². The van der Waals surface area contributed by atoms with E-state index in [1.165, 1.54) is 0 Å². The van der Waals surface area contributed by atoms with Gasteiger partial charge >= 0.3 is 0 Å². The van der Waals surface area contributed by atoms with Gasteiger partial charge in [0, 0.05) is 6.20 Å². The van der Waals surface area contributed by atoms with Gasteiger partial charge in [0.1, 0.15) is 0 Å². The topological polar surface area (TPSA) is 21.3 Å². The van der Waals surface area contributed by atoms with Crippen molar-refractivity contribution >= 4 is 15.9 Å². The predicted octanol–water partition coefficient (Wildman–Crippen LogP) is 0.796. The Bertz CT molecular complexity index is 80.9. The molecule has 0 saturated carbocycles. The lowest BCUT2D eigenvalue weighted by Crippen LogP contribution is -1.93. The molecule has 32 valence electrons. The van der Waals surface area contributed by atoms with Crippen molar-refractivity contribution in [3.8, 4) is 0 Å². The summed E-state index contributed by atoms with van der Waals surface area (Å²) in [6, 6.07) is 0. The molecule has 1 heterocycles. The Hall–Kier alpha value is -0.0200. The highest BCUT2D eigenvalue weighted by molar-refractivity contribution is 9.11. The Morgan fingerprint density at radius 2 is 2.83 bits per heavy atom. The van der Waals surface area contributed by atoms with Crippen molar-refractivity contribution in [1.29, 1.82) is 0 Å². The molecule has 0 saturated heterocycles. The van der Waals surface area contributed by atoms with E-state index in [2.05, 4.69) is 32.9 Å². The lowest BCUT2D eigenvalue weighted by Gasteiger charge is -1.80. The van der Waals surface area contributed by atoms with E-state index < -0.39 is 0 Å². The quantitative estimate of drug-likeness (QED) is 0.548. The summed E-state index contributed by atoms with van der Waals surface area (Å²) in [6.07, 6.45) is 1.65. The first-order chi connectivity index (χ1) is 2.89. The van der Waals surface area contributed by atoms with Crippen LogP contribution in [-0.4, -0.2) is 0 Å². The molecule has 0 unspecified atom stereocenters. The van der Waals surface area contributed by atoms with Gasteiger partial charge in [0.05, 0.1) is 4.48 Å². The molecule has 1 aliphatic heterocycles. The van der Waals surface area contributed by atoms with Crippen molar-refractivity contribution in [3.63, 3.8) is 0 Å². The van der Waals surface area contributed by atoms with Crippen molar-refractivity contribution in [2.75, 3.05) is 0 Å². The van der Waals surface area contributed by atoms with Crippen molar-refractivity contribution in [2.45, 2.75) is 0 Å². The number of hydrogen-bond acceptors (Lipinski definition) is 2. The van der Waals surface area contributed by atoms with Gasteiger partial charge in [0.25, 0.3) is 0 Å². The summed E-state index contributed by atoms with van der Waals surface area (Å²) in [4.78, 5) is 4.42. The maximum atomic E-state index is 4.42. The molecule has 0 spiro atoms. The highest BCUT2D eigenvalue weighted by Crippen LogP contribution is 2.11. The standard InChI is InChI=1S/C3H2BrNO/c4-3-1-5-6-2-3/h1,5H. The highest BCUT2D eigenvalue weighted by atomic mass is 79.9. The molecule has 1 rings (SSSR count). The van der Waals surface area contributed by atoms with Gasteiger partial charge in [-0.15, -0.1) is 0 Å². The van der Waals surface area contributed by atoms with Crippen molar-refractivity contribution in [3.05, 3.63) is 17.3 Å². The maximum absolute atomic E-state index is 4.42. The van der Waals surface area contributed by atoms with Crippen LogP contribution < -0.4 is 5.48 Å². The van der Waals surface area contributed by atoms with Crippen LogP contribution in [0.1, 0.15) is 0 Å². The van der Waals surface area contributed by atoms with E-state index in [1.807, 2.05) is 0 Å². The third kappa shape index (κ3) is 0.725. The molecule has 2 radical (unpaired) electrons. The van der Waals surface area contributed by atoms with Crippen LogP contribution in [0.2, 0.25) is 0 Å². The average Bonchev–Trinajstić information content (AvgIpc) is 1.86. The van der Waals surface area contributed by atoms with Crippen LogP contribution in [0.3, 0.4) is 0 Å². The van der Waals surface area contributed by atoms with Crippen LogP contribution in [0.25, 0.3) is 0 Å². The fourth-order valence-corrected chi connectivity index (χ4v) is 0.363. The minimum atomic E-state index is 0.808. The molecule has 0 fully saturated rings.